The van der Waals surface area contributed by atoms with E-state index in [1.165, 1.54) is 0 Å². The van der Waals surface area contributed by atoms with Gasteiger partial charge in [0.25, 0.3) is 0 Å². The van der Waals surface area contributed by atoms with Gasteiger partial charge in [0.05, 0.1) is 61.8 Å². The molecule has 0 spiro atoms. The van der Waals surface area contributed by atoms with Crippen molar-refractivity contribution in [3.63, 3.8) is 0 Å². The summed E-state index contributed by atoms with van der Waals surface area (Å²) in [6.07, 6.45) is 0. The van der Waals surface area contributed by atoms with Crippen molar-refractivity contribution in [1.82, 2.24) is 33.9 Å². The quantitative estimate of drug-likeness (QED) is 0.180. The fraction of sp³-hybridized carbons (Fsp3) is 0.345. The summed E-state index contributed by atoms with van der Waals surface area (Å²) in [5, 5.41) is 0. The predicted octanol–water partition coefficient (Wildman–Crippen LogP) is -5.30. The van der Waals surface area contributed by atoms with Crippen LogP contribution in [-0.4, -0.2) is 86.5 Å². The number of hydrogen-bond donors (Lipinski definition) is 0. The first kappa shape index (κ1) is 34.3. The molecule has 42 heavy (non-hydrogen) atoms. The van der Waals surface area contributed by atoms with Crippen LogP contribution in [-0.2, 0) is 41.4 Å². The second kappa shape index (κ2) is 15.5. The van der Waals surface area contributed by atoms with Crippen molar-refractivity contribution in [2.24, 2.45) is 0 Å². The van der Waals surface area contributed by atoms with Gasteiger partial charge in [-0.3, -0.25) is 9.80 Å². The molecule has 0 amide bonds. The van der Waals surface area contributed by atoms with E-state index in [0.29, 0.717) is 0 Å². The number of para-hydroxylation sites is 4. The molecule has 0 aliphatic carbocycles. The number of aromatic nitrogens is 5. The largest absolute Gasteiger partial charge is 3.00 e. The van der Waals surface area contributed by atoms with Crippen molar-refractivity contribution in [2.45, 2.75) is 13.3 Å². The number of nitrogens with zero attached hydrogens (tertiary/aromatic N) is 7. The molecule has 9 nitrogen and oxygen atoms in total. The third-order valence-corrected chi connectivity index (χ3v) is 7.41. The smallest absolute Gasteiger partial charge is 1.00 e. The van der Waals surface area contributed by atoms with Gasteiger partial charge in [0.15, 0.2) is 11.6 Å². The predicted molar refractivity (Wildman–Crippen MR) is 146 cm³/mol. The molecule has 0 bridgehead atoms. The van der Waals surface area contributed by atoms with E-state index in [1.54, 1.807) is 0 Å². The van der Waals surface area contributed by atoms with Gasteiger partial charge in [-0.1, -0.05) is 30.3 Å². The average molecular weight is 667 g/mol. The Morgan fingerprint density at radius 3 is 1.36 bits per heavy atom. The summed E-state index contributed by atoms with van der Waals surface area (Å²) >= 11 is 0. The standard InChI is InChI=1S/C29H31N7O2.3ClH.V/c1-3-10-26-22(6-1)31-28(35(26)20-33-12-16-37-17-13-33)24-8-5-9-25(30-24)29-32-23-7-2-4-11-27(23)36(29)21-34-14-18-38-19-15-34;;;;/h1-11H,12-21H2;3*1H;/q;;;;+3/p-3. The van der Waals surface area contributed by atoms with Crippen LogP contribution in [0.15, 0.2) is 66.7 Å². The zero-order valence-electron chi connectivity index (χ0n) is 23.0. The number of morpholine rings is 2. The van der Waals surface area contributed by atoms with Gasteiger partial charge in [-0.2, -0.15) is 0 Å². The Balaban J connectivity index is 0.00000121. The molecule has 13 heteroatoms. The van der Waals surface area contributed by atoms with Crippen molar-refractivity contribution in [3.8, 4) is 23.0 Å². The van der Waals surface area contributed by atoms with Crippen molar-refractivity contribution in [1.29, 1.82) is 0 Å². The molecule has 0 N–H and O–H groups in total. The number of pyridine rings is 1. The van der Waals surface area contributed by atoms with E-state index in [0.717, 1.165) is 111 Å². The van der Waals surface area contributed by atoms with Gasteiger partial charge in [0.2, 0.25) is 0 Å². The fourth-order valence-electron chi connectivity index (χ4n) is 5.40. The molecule has 0 atom stereocenters. The number of fused-ring (bicyclic) bond motifs is 2. The molecule has 5 aromatic rings. The summed E-state index contributed by atoms with van der Waals surface area (Å²) in [5.74, 6) is 1.74. The summed E-state index contributed by atoms with van der Waals surface area (Å²) in [5.41, 5.74) is 5.86. The summed E-state index contributed by atoms with van der Waals surface area (Å²) < 4.78 is 15.7. The molecule has 2 saturated heterocycles. The molecule has 0 unspecified atom stereocenters. The van der Waals surface area contributed by atoms with Crippen LogP contribution in [0.5, 0.6) is 0 Å². The van der Waals surface area contributed by atoms with Gasteiger partial charge in [0.1, 0.15) is 11.4 Å². The van der Waals surface area contributed by atoms with Gasteiger partial charge < -0.3 is 55.8 Å². The molecule has 2 aliphatic heterocycles. The Kier molecular flexibility index (Phi) is 12.7. The summed E-state index contributed by atoms with van der Waals surface area (Å²) in [6.45, 7) is 8.17. The molecule has 2 aromatic carbocycles. The number of rotatable bonds is 6. The maximum Gasteiger partial charge on any atom is 3.00 e. The number of imidazole rings is 2. The van der Waals surface area contributed by atoms with Crippen LogP contribution >= 0.6 is 0 Å². The van der Waals surface area contributed by atoms with Gasteiger partial charge in [-0.05, 0) is 36.4 Å². The minimum absolute atomic E-state index is 0. The van der Waals surface area contributed by atoms with Crippen LogP contribution < -0.4 is 37.2 Å². The monoisotopic (exact) mass is 665 g/mol. The SMILES string of the molecule is [Cl-].[Cl-].[Cl-].[V+3].c1cc(-c2nc3ccccc3n2CN2CCOCC2)nc(-c2nc3ccccc3n2CN2CCOCC2)c1. The van der Waals surface area contributed by atoms with E-state index < -0.39 is 0 Å². The minimum Gasteiger partial charge on any atom is -1.00 e. The number of benzene rings is 2. The van der Waals surface area contributed by atoms with Crippen LogP contribution in [0.3, 0.4) is 0 Å². The van der Waals surface area contributed by atoms with Crippen molar-refractivity contribution in [2.75, 3.05) is 52.6 Å². The Morgan fingerprint density at radius 2 is 0.929 bits per heavy atom. The van der Waals surface area contributed by atoms with Gasteiger partial charge in [0, 0.05) is 26.2 Å². The van der Waals surface area contributed by atoms with E-state index in [9.17, 15) is 0 Å². The summed E-state index contributed by atoms with van der Waals surface area (Å²) in [6, 6.07) is 22.8. The Bertz CT molecular complexity index is 1470. The van der Waals surface area contributed by atoms with E-state index >= 15 is 0 Å². The van der Waals surface area contributed by atoms with Crippen LogP contribution in [0.4, 0.5) is 0 Å². The Hall–Kier alpha value is -2.18. The van der Waals surface area contributed by atoms with E-state index in [-0.39, 0.29) is 55.8 Å². The molecule has 2 fully saturated rings. The van der Waals surface area contributed by atoms with Gasteiger partial charge >= 0.3 is 18.6 Å². The molecule has 0 radical (unpaired) electrons. The second-order valence-corrected chi connectivity index (χ2v) is 9.86. The molecule has 0 saturated carbocycles. The zero-order chi connectivity index (χ0) is 25.3. The van der Waals surface area contributed by atoms with Gasteiger partial charge in [-0.25, -0.2) is 15.0 Å². The second-order valence-electron chi connectivity index (χ2n) is 9.86. The summed E-state index contributed by atoms with van der Waals surface area (Å²) in [4.78, 5) is 20.0. The average Bonchev–Trinajstić information content (AvgIpc) is 3.53. The van der Waals surface area contributed by atoms with E-state index in [1.807, 2.05) is 12.1 Å². The molecule has 3 aromatic heterocycles. The topological polar surface area (TPSA) is 73.5 Å². The maximum atomic E-state index is 5.58. The van der Waals surface area contributed by atoms with Crippen LogP contribution in [0.2, 0.25) is 0 Å². The Morgan fingerprint density at radius 1 is 0.524 bits per heavy atom. The first-order chi connectivity index (χ1) is 18.8. The first-order valence-corrected chi connectivity index (χ1v) is 13.3. The normalized spacial score (nSPS) is 15.8. The molecule has 220 valence electrons. The molecule has 5 heterocycles. The third-order valence-electron chi connectivity index (χ3n) is 7.41. The molecule has 2 aliphatic rings. The van der Waals surface area contributed by atoms with E-state index in [4.69, 9.17) is 24.4 Å². The van der Waals surface area contributed by atoms with Crippen LogP contribution in [0.1, 0.15) is 0 Å². The summed E-state index contributed by atoms with van der Waals surface area (Å²) in [7, 11) is 0. The Labute approximate surface area is 275 Å². The maximum absolute atomic E-state index is 5.58. The number of hydrogen-bond acceptors (Lipinski definition) is 7. The molecular formula is C29H31Cl3N7O2V. The zero-order valence-corrected chi connectivity index (χ0v) is 26.6. The molecular weight excluding hydrogens is 636 g/mol. The molecule has 7 rings (SSSR count). The van der Waals surface area contributed by atoms with Gasteiger partial charge in [-0.15, -0.1) is 0 Å². The van der Waals surface area contributed by atoms with E-state index in [2.05, 4.69) is 73.5 Å². The van der Waals surface area contributed by atoms with Crippen LogP contribution in [0.25, 0.3) is 45.1 Å². The fourth-order valence-corrected chi connectivity index (χ4v) is 5.40. The third kappa shape index (κ3) is 6.96. The number of halogens is 3. The first-order valence-electron chi connectivity index (χ1n) is 13.3. The number of ether oxygens (including phenoxy) is 2. The van der Waals surface area contributed by atoms with Crippen LogP contribution in [0, 0.1) is 0 Å². The minimum atomic E-state index is 0. The van der Waals surface area contributed by atoms with Crippen molar-refractivity contribution in [3.05, 3.63) is 66.7 Å². The van der Waals surface area contributed by atoms with Crippen molar-refractivity contribution < 1.29 is 65.3 Å². The van der Waals surface area contributed by atoms with Crippen molar-refractivity contribution >= 4 is 22.1 Å².